The summed E-state index contributed by atoms with van der Waals surface area (Å²) in [7, 11) is 0. The van der Waals surface area contributed by atoms with Gasteiger partial charge >= 0.3 is 0 Å². The van der Waals surface area contributed by atoms with Crippen molar-refractivity contribution >= 4 is 33.3 Å². The number of H-pyrrole nitrogens is 1. The smallest absolute Gasteiger partial charge is 0.176 e. The first kappa shape index (κ1) is 21.7. The molecule has 0 aliphatic carbocycles. The second-order valence-electron chi connectivity index (χ2n) is 8.47. The Labute approximate surface area is 198 Å². The number of anilines is 1. The predicted molar refractivity (Wildman–Crippen MR) is 138 cm³/mol. The van der Waals surface area contributed by atoms with Gasteiger partial charge in [-0.25, -0.2) is 0 Å². The number of nitrogens with one attached hydrogen (secondary N) is 1. The van der Waals surface area contributed by atoms with Gasteiger partial charge < -0.3 is 15.5 Å². The summed E-state index contributed by atoms with van der Waals surface area (Å²) >= 11 is 0. The second-order valence-corrected chi connectivity index (χ2v) is 8.47. The molecule has 0 aliphatic rings. The quantitative estimate of drug-likeness (QED) is 0.225. The lowest BCUT2D eigenvalue weighted by Crippen LogP contribution is -2.33. The van der Waals surface area contributed by atoms with E-state index < -0.39 is 0 Å². The van der Waals surface area contributed by atoms with Crippen molar-refractivity contribution in [1.82, 2.24) is 9.88 Å². The number of fused-ring (bicyclic) bond motifs is 3. The number of nitrogen functional groups attached to an aromatic ring is 1. The molecule has 1 heterocycles. The van der Waals surface area contributed by atoms with Crippen LogP contribution in [0.3, 0.4) is 0 Å². The minimum atomic E-state index is 0.0442. The third kappa shape index (κ3) is 4.95. The molecule has 0 bridgehead atoms. The molecule has 34 heavy (non-hydrogen) atoms. The lowest BCUT2D eigenvalue weighted by molar-refractivity contribution is 0.0912. The molecule has 0 spiro atoms. The summed E-state index contributed by atoms with van der Waals surface area (Å²) < 4.78 is 6.09. The molecule has 5 heteroatoms. The van der Waals surface area contributed by atoms with Gasteiger partial charge in [0.05, 0.1) is 12.1 Å². The molecule has 0 radical (unpaired) electrons. The number of carbonyl (C=O) groups is 1. The number of aromatic nitrogens is 1. The Morgan fingerprint density at radius 3 is 2.47 bits per heavy atom. The van der Waals surface area contributed by atoms with Crippen LogP contribution in [-0.2, 0) is 6.54 Å². The highest BCUT2D eigenvalue weighted by atomic mass is 16.5. The maximum Gasteiger partial charge on any atom is 0.176 e. The Balaban J connectivity index is 1.27. The van der Waals surface area contributed by atoms with Crippen molar-refractivity contribution in [1.29, 1.82) is 0 Å². The molecule has 0 saturated heterocycles. The molecular formula is C29H27N3O2. The number of aromatic amines is 1. The number of nitrogens with two attached hydrogens (primary N) is 1. The van der Waals surface area contributed by atoms with Gasteiger partial charge in [0.25, 0.3) is 0 Å². The normalized spacial score (nSPS) is 11.3. The topological polar surface area (TPSA) is 71.3 Å². The van der Waals surface area contributed by atoms with Crippen LogP contribution in [0.25, 0.3) is 21.8 Å². The minimum absolute atomic E-state index is 0.0442. The van der Waals surface area contributed by atoms with Gasteiger partial charge in [0, 0.05) is 46.7 Å². The van der Waals surface area contributed by atoms with Gasteiger partial charge in [-0.15, -0.1) is 0 Å². The van der Waals surface area contributed by atoms with Crippen LogP contribution in [0.2, 0.25) is 0 Å². The van der Waals surface area contributed by atoms with E-state index in [4.69, 9.17) is 10.5 Å². The Kier molecular flexibility index (Phi) is 6.27. The first-order valence-electron chi connectivity index (χ1n) is 11.4. The van der Waals surface area contributed by atoms with Crippen LogP contribution in [0.5, 0.6) is 5.75 Å². The van der Waals surface area contributed by atoms with Gasteiger partial charge in [-0.1, -0.05) is 60.7 Å². The highest BCUT2D eigenvalue weighted by Crippen LogP contribution is 2.28. The first-order valence-corrected chi connectivity index (χ1v) is 11.4. The van der Waals surface area contributed by atoms with Crippen LogP contribution in [0, 0.1) is 0 Å². The molecule has 0 saturated carbocycles. The largest absolute Gasteiger partial charge is 0.492 e. The maximum absolute atomic E-state index is 12.9. The highest BCUT2D eigenvalue weighted by molar-refractivity contribution is 6.07. The van der Waals surface area contributed by atoms with Crippen molar-refractivity contribution in [3.8, 4) is 5.75 Å². The molecule has 0 unspecified atom stereocenters. The third-order valence-corrected chi connectivity index (χ3v) is 5.98. The molecule has 0 aliphatic heterocycles. The molecule has 0 atom stereocenters. The van der Waals surface area contributed by atoms with Crippen molar-refractivity contribution in [3.05, 3.63) is 108 Å². The van der Waals surface area contributed by atoms with E-state index in [9.17, 15) is 4.79 Å². The summed E-state index contributed by atoms with van der Waals surface area (Å²) in [5, 5.41) is 2.39. The van der Waals surface area contributed by atoms with Crippen LogP contribution in [0.1, 0.15) is 15.9 Å². The van der Waals surface area contributed by atoms with Crippen LogP contribution in [-0.4, -0.2) is 35.4 Å². The number of benzene rings is 4. The van der Waals surface area contributed by atoms with Gasteiger partial charge in [0.2, 0.25) is 0 Å². The molecule has 5 rings (SSSR count). The van der Waals surface area contributed by atoms with E-state index in [1.54, 1.807) is 12.1 Å². The Bertz CT molecular complexity index is 1430. The average molecular weight is 450 g/mol. The van der Waals surface area contributed by atoms with Gasteiger partial charge in [-0.05, 0) is 35.9 Å². The van der Waals surface area contributed by atoms with E-state index in [2.05, 4.69) is 40.2 Å². The molecule has 5 nitrogen and oxygen atoms in total. The van der Waals surface area contributed by atoms with E-state index in [-0.39, 0.29) is 5.78 Å². The monoisotopic (exact) mass is 449 g/mol. The fraction of sp³-hybridized carbons (Fsp3) is 0.138. The number of Topliss-reactive ketones (excluding diaryl/α,β-unsaturated/α-hetero) is 1. The molecule has 3 N–H and O–H groups in total. The van der Waals surface area contributed by atoms with E-state index in [0.29, 0.717) is 37.5 Å². The van der Waals surface area contributed by atoms with Crippen LogP contribution in [0.15, 0.2) is 97.1 Å². The van der Waals surface area contributed by atoms with Crippen molar-refractivity contribution in [2.75, 3.05) is 25.4 Å². The predicted octanol–water partition coefficient (Wildman–Crippen LogP) is 5.67. The van der Waals surface area contributed by atoms with Crippen LogP contribution in [0.4, 0.5) is 5.69 Å². The summed E-state index contributed by atoms with van der Waals surface area (Å²) in [6, 6.07) is 31.7. The number of hydrogen-bond acceptors (Lipinski definition) is 4. The lowest BCUT2D eigenvalue weighted by atomic mass is 10.1. The van der Waals surface area contributed by atoms with Crippen LogP contribution < -0.4 is 10.5 Å². The first-order chi connectivity index (χ1) is 16.7. The zero-order valence-electron chi connectivity index (χ0n) is 18.9. The summed E-state index contributed by atoms with van der Waals surface area (Å²) in [4.78, 5) is 18.5. The third-order valence-electron chi connectivity index (χ3n) is 5.98. The zero-order valence-corrected chi connectivity index (χ0v) is 18.9. The molecule has 5 aromatic rings. The Morgan fingerprint density at radius 1 is 0.824 bits per heavy atom. The summed E-state index contributed by atoms with van der Waals surface area (Å²) in [6.07, 6.45) is 0. The fourth-order valence-electron chi connectivity index (χ4n) is 4.28. The molecule has 0 fully saturated rings. The fourth-order valence-corrected chi connectivity index (χ4v) is 4.28. The van der Waals surface area contributed by atoms with E-state index in [0.717, 1.165) is 22.3 Å². The molecule has 0 amide bonds. The standard InChI is InChI=1S/C29H27N3O2/c30-23-10-6-9-22(17-23)29(33)20-32(19-21-7-2-1-3-8-21)15-16-34-24-13-14-26-25-11-4-5-12-27(25)31-28(26)18-24/h1-14,17-18,31H,15-16,19-20,30H2. The number of ketones is 1. The van der Waals surface area contributed by atoms with Crippen molar-refractivity contribution < 1.29 is 9.53 Å². The number of hydrogen-bond donors (Lipinski definition) is 2. The number of ether oxygens (including phenoxy) is 1. The summed E-state index contributed by atoms with van der Waals surface area (Å²) in [5.74, 6) is 0.851. The number of rotatable bonds is 9. The minimum Gasteiger partial charge on any atom is -0.492 e. The SMILES string of the molecule is Nc1cccc(C(=O)CN(CCOc2ccc3c(c2)[nH]c2ccccc23)Cc2ccccc2)c1. The molecule has 4 aromatic carbocycles. The highest BCUT2D eigenvalue weighted by Gasteiger charge is 2.14. The van der Waals surface area contributed by atoms with Gasteiger partial charge in [0.15, 0.2) is 5.78 Å². The van der Waals surface area contributed by atoms with Gasteiger partial charge in [0.1, 0.15) is 12.4 Å². The number of carbonyl (C=O) groups excluding carboxylic acids is 1. The van der Waals surface area contributed by atoms with Crippen LogP contribution >= 0.6 is 0 Å². The van der Waals surface area contributed by atoms with E-state index in [1.807, 2.05) is 54.6 Å². The van der Waals surface area contributed by atoms with Gasteiger partial charge in [-0.2, -0.15) is 0 Å². The van der Waals surface area contributed by atoms with E-state index >= 15 is 0 Å². The van der Waals surface area contributed by atoms with Crippen molar-refractivity contribution in [2.24, 2.45) is 0 Å². The summed E-state index contributed by atoms with van der Waals surface area (Å²) in [5.41, 5.74) is 10.4. The van der Waals surface area contributed by atoms with E-state index in [1.165, 1.54) is 10.8 Å². The van der Waals surface area contributed by atoms with Crippen molar-refractivity contribution in [2.45, 2.75) is 6.54 Å². The molecular weight excluding hydrogens is 422 g/mol. The maximum atomic E-state index is 12.9. The molecule has 170 valence electrons. The lowest BCUT2D eigenvalue weighted by Gasteiger charge is -2.22. The summed E-state index contributed by atoms with van der Waals surface area (Å²) in [6.45, 7) is 2.05. The Hall–Kier alpha value is -4.09. The van der Waals surface area contributed by atoms with Gasteiger partial charge in [-0.3, -0.25) is 9.69 Å². The second kappa shape index (κ2) is 9.81. The number of para-hydroxylation sites is 1. The number of nitrogens with zero attached hydrogens (tertiary/aromatic N) is 1. The average Bonchev–Trinajstić information content (AvgIpc) is 3.22. The Morgan fingerprint density at radius 2 is 1.62 bits per heavy atom. The van der Waals surface area contributed by atoms with Crippen molar-refractivity contribution in [3.63, 3.8) is 0 Å². The zero-order chi connectivity index (χ0) is 23.3. The molecule has 1 aromatic heterocycles.